The lowest BCUT2D eigenvalue weighted by molar-refractivity contribution is -0.116. The van der Waals surface area contributed by atoms with Crippen LogP contribution in [0.4, 0.5) is 5.69 Å². The van der Waals surface area contributed by atoms with Gasteiger partial charge in [0.15, 0.2) is 5.82 Å². The summed E-state index contributed by atoms with van der Waals surface area (Å²) in [6, 6.07) is 7.56. The zero-order valence-corrected chi connectivity index (χ0v) is 11.9. The van der Waals surface area contributed by atoms with Gasteiger partial charge in [0.05, 0.1) is 0 Å². The van der Waals surface area contributed by atoms with Crippen LogP contribution in [0.25, 0.3) is 11.4 Å². The highest BCUT2D eigenvalue weighted by atomic mass is 16.1. The molecule has 1 aliphatic heterocycles. The summed E-state index contributed by atoms with van der Waals surface area (Å²) in [7, 11) is 1.79. The van der Waals surface area contributed by atoms with E-state index in [9.17, 15) is 4.79 Å². The molecule has 21 heavy (non-hydrogen) atoms. The largest absolute Gasteiger partial charge is 0.326 e. The minimum Gasteiger partial charge on any atom is -0.326 e. The number of hydrogen-bond donors (Lipinski definition) is 2. The van der Waals surface area contributed by atoms with E-state index in [-0.39, 0.29) is 5.91 Å². The van der Waals surface area contributed by atoms with Gasteiger partial charge in [0.25, 0.3) is 0 Å². The number of aromatic nitrogens is 4. The fourth-order valence-electron chi connectivity index (χ4n) is 2.57. The van der Waals surface area contributed by atoms with E-state index >= 15 is 0 Å². The first-order valence-electron chi connectivity index (χ1n) is 7.06. The molecule has 7 heteroatoms. The molecular weight excluding hydrogens is 268 g/mol. The van der Waals surface area contributed by atoms with Crippen LogP contribution in [0.1, 0.15) is 12.8 Å². The number of benzene rings is 1. The number of carbonyl (C=O) groups excluding carboxylic acids is 1. The highest BCUT2D eigenvalue weighted by Crippen LogP contribution is 2.20. The molecule has 0 bridgehead atoms. The Hall–Kier alpha value is -2.28. The third-order valence-electron chi connectivity index (χ3n) is 3.66. The van der Waals surface area contributed by atoms with Crippen LogP contribution < -0.4 is 10.6 Å². The van der Waals surface area contributed by atoms with E-state index in [0.29, 0.717) is 18.2 Å². The van der Waals surface area contributed by atoms with Crippen molar-refractivity contribution >= 4 is 11.6 Å². The zero-order valence-electron chi connectivity index (χ0n) is 11.9. The Labute approximate surface area is 122 Å². The predicted molar refractivity (Wildman–Crippen MR) is 78.5 cm³/mol. The first-order valence-corrected chi connectivity index (χ1v) is 7.06. The van der Waals surface area contributed by atoms with Gasteiger partial charge < -0.3 is 10.6 Å². The quantitative estimate of drug-likeness (QED) is 0.869. The normalized spacial score (nSPS) is 17.9. The highest BCUT2D eigenvalue weighted by molar-refractivity contribution is 5.91. The third kappa shape index (κ3) is 3.25. The second-order valence-corrected chi connectivity index (χ2v) is 5.32. The summed E-state index contributed by atoms with van der Waals surface area (Å²) >= 11 is 0. The molecule has 1 saturated heterocycles. The lowest BCUT2D eigenvalue weighted by atomic mass is 10.0. The molecule has 2 aromatic rings. The maximum absolute atomic E-state index is 12.0. The van der Waals surface area contributed by atoms with Crippen molar-refractivity contribution in [2.75, 3.05) is 18.4 Å². The summed E-state index contributed by atoms with van der Waals surface area (Å²) in [6.07, 6.45) is 1.63. The number of rotatable bonds is 4. The molecule has 1 unspecified atom stereocenters. The maximum atomic E-state index is 12.0. The van der Waals surface area contributed by atoms with E-state index in [2.05, 4.69) is 26.2 Å². The minimum absolute atomic E-state index is 0.0527. The van der Waals surface area contributed by atoms with Crippen molar-refractivity contribution in [3.63, 3.8) is 0 Å². The van der Waals surface area contributed by atoms with Crippen molar-refractivity contribution in [3.8, 4) is 11.4 Å². The van der Waals surface area contributed by atoms with Crippen molar-refractivity contribution in [2.45, 2.75) is 12.8 Å². The SMILES string of the molecule is Cn1nnnc1-c1cccc(NC(=O)CC2CCNC2)c1. The lowest BCUT2D eigenvalue weighted by Crippen LogP contribution is -2.18. The Morgan fingerprint density at radius 1 is 1.52 bits per heavy atom. The summed E-state index contributed by atoms with van der Waals surface area (Å²) in [5.41, 5.74) is 1.65. The van der Waals surface area contributed by atoms with Crippen molar-refractivity contribution in [1.29, 1.82) is 0 Å². The zero-order chi connectivity index (χ0) is 14.7. The fourth-order valence-corrected chi connectivity index (χ4v) is 2.57. The van der Waals surface area contributed by atoms with E-state index in [1.807, 2.05) is 24.3 Å². The number of amides is 1. The van der Waals surface area contributed by atoms with Crippen LogP contribution in [0.15, 0.2) is 24.3 Å². The molecule has 1 amide bonds. The Balaban J connectivity index is 1.68. The molecule has 1 atom stereocenters. The lowest BCUT2D eigenvalue weighted by Gasteiger charge is -2.10. The number of aryl methyl sites for hydroxylation is 1. The van der Waals surface area contributed by atoms with Crippen LogP contribution in [-0.4, -0.2) is 39.2 Å². The summed E-state index contributed by atoms with van der Waals surface area (Å²) < 4.78 is 1.60. The average Bonchev–Trinajstić information content (AvgIpc) is 3.10. The van der Waals surface area contributed by atoms with E-state index in [1.54, 1.807) is 11.7 Å². The molecule has 7 nitrogen and oxygen atoms in total. The van der Waals surface area contributed by atoms with Gasteiger partial charge in [-0.2, -0.15) is 0 Å². The Bertz CT molecular complexity index is 632. The van der Waals surface area contributed by atoms with Crippen LogP contribution in [0, 0.1) is 5.92 Å². The van der Waals surface area contributed by atoms with E-state index in [1.165, 1.54) is 0 Å². The number of nitrogens with zero attached hydrogens (tertiary/aromatic N) is 4. The molecule has 2 N–H and O–H groups in total. The number of anilines is 1. The molecule has 3 rings (SSSR count). The maximum Gasteiger partial charge on any atom is 0.224 e. The summed E-state index contributed by atoms with van der Waals surface area (Å²) in [6.45, 7) is 1.94. The molecule has 0 radical (unpaired) electrons. The summed E-state index contributed by atoms with van der Waals surface area (Å²) in [5.74, 6) is 1.17. The molecule has 1 fully saturated rings. The van der Waals surface area contributed by atoms with Crippen LogP contribution >= 0.6 is 0 Å². The number of nitrogens with one attached hydrogen (secondary N) is 2. The molecule has 1 aliphatic rings. The standard InChI is InChI=1S/C14H18N6O/c1-20-14(17-18-19-20)11-3-2-4-12(8-11)16-13(21)7-10-5-6-15-9-10/h2-4,8,10,15H,5-7,9H2,1H3,(H,16,21). The Morgan fingerprint density at radius 3 is 3.14 bits per heavy atom. The van der Waals surface area contributed by atoms with Crippen LogP contribution in [0.5, 0.6) is 0 Å². The molecule has 0 aliphatic carbocycles. The van der Waals surface area contributed by atoms with Gasteiger partial charge in [0.1, 0.15) is 0 Å². The van der Waals surface area contributed by atoms with Gasteiger partial charge in [0.2, 0.25) is 5.91 Å². The van der Waals surface area contributed by atoms with Gasteiger partial charge in [-0.25, -0.2) is 4.68 Å². The van der Waals surface area contributed by atoms with Gasteiger partial charge in [0, 0.05) is 24.7 Å². The topological polar surface area (TPSA) is 84.7 Å². The summed E-state index contributed by atoms with van der Waals surface area (Å²) in [4.78, 5) is 12.0. The van der Waals surface area contributed by atoms with Crippen molar-refractivity contribution in [1.82, 2.24) is 25.5 Å². The van der Waals surface area contributed by atoms with E-state index in [0.717, 1.165) is 30.8 Å². The molecule has 110 valence electrons. The molecule has 1 aromatic carbocycles. The Kier molecular flexibility index (Phi) is 3.92. The number of hydrogen-bond acceptors (Lipinski definition) is 5. The molecule has 1 aromatic heterocycles. The van der Waals surface area contributed by atoms with Gasteiger partial charge in [-0.3, -0.25) is 4.79 Å². The minimum atomic E-state index is 0.0527. The van der Waals surface area contributed by atoms with Gasteiger partial charge in [-0.15, -0.1) is 5.10 Å². The number of tetrazole rings is 1. The molecule has 0 spiro atoms. The highest BCUT2D eigenvalue weighted by Gasteiger charge is 2.18. The fraction of sp³-hybridized carbons (Fsp3) is 0.429. The smallest absolute Gasteiger partial charge is 0.224 e. The van der Waals surface area contributed by atoms with Crippen molar-refractivity contribution in [3.05, 3.63) is 24.3 Å². The molecule has 2 heterocycles. The second kappa shape index (κ2) is 6.01. The monoisotopic (exact) mass is 286 g/mol. The first-order chi connectivity index (χ1) is 10.2. The van der Waals surface area contributed by atoms with E-state index in [4.69, 9.17) is 0 Å². The molecular formula is C14H18N6O. The van der Waals surface area contributed by atoms with Crippen LogP contribution in [0.2, 0.25) is 0 Å². The average molecular weight is 286 g/mol. The van der Waals surface area contributed by atoms with Gasteiger partial charge >= 0.3 is 0 Å². The third-order valence-corrected chi connectivity index (χ3v) is 3.66. The van der Waals surface area contributed by atoms with E-state index < -0.39 is 0 Å². The van der Waals surface area contributed by atoms with Crippen molar-refractivity contribution < 1.29 is 4.79 Å². The molecule has 0 saturated carbocycles. The predicted octanol–water partition coefficient (Wildman–Crippen LogP) is 0.815. The Morgan fingerprint density at radius 2 is 2.43 bits per heavy atom. The van der Waals surface area contributed by atoms with Crippen LogP contribution in [0.3, 0.4) is 0 Å². The summed E-state index contributed by atoms with van der Waals surface area (Å²) in [5, 5.41) is 17.6. The van der Waals surface area contributed by atoms with Crippen LogP contribution in [-0.2, 0) is 11.8 Å². The van der Waals surface area contributed by atoms with Gasteiger partial charge in [-0.1, -0.05) is 12.1 Å². The number of carbonyl (C=O) groups is 1. The first kappa shape index (κ1) is 13.7. The van der Waals surface area contributed by atoms with Gasteiger partial charge in [-0.05, 0) is 48.0 Å². The second-order valence-electron chi connectivity index (χ2n) is 5.32. The van der Waals surface area contributed by atoms with Crippen molar-refractivity contribution in [2.24, 2.45) is 13.0 Å².